The van der Waals surface area contributed by atoms with Crippen LogP contribution < -0.4 is 11.4 Å². The molecule has 0 radical (unpaired) electrons. The molecule has 2 N–H and O–H groups in total. The maximum Gasteiger partial charge on any atom is 0.336 e. The monoisotopic (exact) mass is 457 g/mol. The van der Waals surface area contributed by atoms with Crippen LogP contribution in [0.3, 0.4) is 0 Å². The molecule has 2 aromatic rings. The first-order valence-electron chi connectivity index (χ1n) is 10.8. The smallest absolute Gasteiger partial charge is 0.336 e. The number of halogens is 1. The number of benzene rings is 1. The molecule has 0 saturated carbocycles. The van der Waals surface area contributed by atoms with Gasteiger partial charge >= 0.3 is 5.63 Å². The third kappa shape index (κ3) is 4.32. The van der Waals surface area contributed by atoms with Crippen molar-refractivity contribution in [1.29, 1.82) is 0 Å². The molecule has 2 aliphatic rings. The minimum absolute atomic E-state index is 0.0938. The van der Waals surface area contributed by atoms with Gasteiger partial charge in [-0.2, -0.15) is 0 Å². The number of hydrogen-bond acceptors (Lipinski definition) is 5. The van der Waals surface area contributed by atoms with Crippen molar-refractivity contribution in [2.45, 2.75) is 33.2 Å². The van der Waals surface area contributed by atoms with Gasteiger partial charge in [0.05, 0.1) is 5.56 Å². The molecule has 32 heavy (non-hydrogen) atoms. The maximum atomic E-state index is 13.2. The molecule has 2 fully saturated rings. The van der Waals surface area contributed by atoms with Gasteiger partial charge in [0, 0.05) is 49.7 Å². The standard InChI is InChI=1S/C24H28ClN3O4/c1-13-4-5-16(7-19(13)25)20(8-21(26)29)27-9-17-11-28(12-18(17)10-27)24(31)23-14(2)6-22(30)32-15(23)3/h4-7,17-18,20H,8-12H2,1-3H3,(H2,26,29). The van der Waals surface area contributed by atoms with Crippen LogP contribution >= 0.6 is 11.6 Å². The Morgan fingerprint density at radius 3 is 2.31 bits per heavy atom. The Bertz CT molecular complexity index is 1090. The number of hydrogen-bond donors (Lipinski definition) is 1. The summed E-state index contributed by atoms with van der Waals surface area (Å²) in [6.07, 6.45) is 0.225. The molecular weight excluding hydrogens is 430 g/mol. The van der Waals surface area contributed by atoms with Crippen molar-refractivity contribution in [3.63, 3.8) is 0 Å². The average molecular weight is 458 g/mol. The number of likely N-dealkylation sites (tertiary alicyclic amines) is 2. The highest BCUT2D eigenvalue weighted by Gasteiger charge is 2.44. The van der Waals surface area contributed by atoms with E-state index in [1.54, 1.807) is 13.8 Å². The summed E-state index contributed by atoms with van der Waals surface area (Å²) >= 11 is 6.34. The van der Waals surface area contributed by atoms with Gasteiger partial charge in [0.15, 0.2) is 0 Å². The number of nitrogens with two attached hydrogens (primary N) is 1. The van der Waals surface area contributed by atoms with Crippen LogP contribution in [0.4, 0.5) is 0 Å². The Balaban J connectivity index is 1.49. The van der Waals surface area contributed by atoms with Crippen LogP contribution in [0.15, 0.2) is 33.5 Å². The van der Waals surface area contributed by atoms with Crippen molar-refractivity contribution in [2.24, 2.45) is 17.6 Å². The first-order chi connectivity index (χ1) is 15.1. The Morgan fingerprint density at radius 2 is 1.75 bits per heavy atom. The van der Waals surface area contributed by atoms with Crippen molar-refractivity contribution < 1.29 is 14.0 Å². The number of carbonyl (C=O) groups is 2. The Hall–Kier alpha value is -2.64. The molecule has 0 spiro atoms. The van der Waals surface area contributed by atoms with Gasteiger partial charge in [-0.3, -0.25) is 14.5 Å². The summed E-state index contributed by atoms with van der Waals surface area (Å²) in [5.74, 6) is 0.537. The molecule has 1 aromatic carbocycles. The second-order valence-corrected chi connectivity index (χ2v) is 9.47. The second kappa shape index (κ2) is 8.71. The fourth-order valence-electron chi connectivity index (χ4n) is 5.15. The van der Waals surface area contributed by atoms with Gasteiger partial charge in [0.2, 0.25) is 5.91 Å². The number of fused-ring (bicyclic) bond motifs is 1. The molecule has 2 amide bonds. The van der Waals surface area contributed by atoms with Crippen LogP contribution in [0.1, 0.15) is 45.3 Å². The van der Waals surface area contributed by atoms with Crippen molar-refractivity contribution in [3.05, 3.63) is 67.7 Å². The molecule has 4 rings (SSSR count). The van der Waals surface area contributed by atoms with Crippen molar-refractivity contribution in [2.75, 3.05) is 26.2 Å². The summed E-state index contributed by atoms with van der Waals surface area (Å²) < 4.78 is 5.15. The van der Waals surface area contributed by atoms with E-state index in [1.807, 2.05) is 30.0 Å². The Morgan fingerprint density at radius 1 is 1.09 bits per heavy atom. The summed E-state index contributed by atoms with van der Waals surface area (Å²) in [6.45, 7) is 8.19. The molecule has 0 bridgehead atoms. The quantitative estimate of drug-likeness (QED) is 0.744. The van der Waals surface area contributed by atoms with E-state index in [0.717, 1.165) is 24.2 Å². The van der Waals surface area contributed by atoms with Crippen LogP contribution in [0.2, 0.25) is 5.02 Å². The predicted molar refractivity (Wildman–Crippen MR) is 122 cm³/mol. The largest absolute Gasteiger partial charge is 0.427 e. The van der Waals surface area contributed by atoms with Crippen LogP contribution in [0, 0.1) is 32.6 Å². The van der Waals surface area contributed by atoms with Gasteiger partial charge in [-0.05, 0) is 55.4 Å². The normalized spacial score (nSPS) is 21.6. The molecule has 3 unspecified atom stereocenters. The van der Waals surface area contributed by atoms with Gasteiger partial charge < -0.3 is 15.1 Å². The Labute approximate surface area is 192 Å². The molecule has 3 atom stereocenters. The van der Waals surface area contributed by atoms with Gasteiger partial charge in [-0.25, -0.2) is 4.79 Å². The van der Waals surface area contributed by atoms with E-state index in [-0.39, 0.29) is 24.3 Å². The number of amides is 2. The number of nitrogens with zero attached hydrogens (tertiary/aromatic N) is 2. The summed E-state index contributed by atoms with van der Waals surface area (Å²) in [7, 11) is 0. The number of rotatable bonds is 5. The van der Waals surface area contributed by atoms with Gasteiger partial charge in [-0.1, -0.05) is 23.7 Å². The molecule has 2 aliphatic heterocycles. The zero-order valence-electron chi connectivity index (χ0n) is 18.6. The van der Waals surface area contributed by atoms with Crippen molar-refractivity contribution in [3.8, 4) is 0 Å². The van der Waals surface area contributed by atoms with E-state index in [2.05, 4.69) is 4.90 Å². The first-order valence-corrected chi connectivity index (χ1v) is 11.2. The first kappa shape index (κ1) is 22.6. The van der Waals surface area contributed by atoms with Gasteiger partial charge in [0.1, 0.15) is 5.76 Å². The Kier molecular flexibility index (Phi) is 6.14. The molecule has 8 heteroatoms. The van der Waals surface area contributed by atoms with E-state index < -0.39 is 5.63 Å². The lowest BCUT2D eigenvalue weighted by molar-refractivity contribution is -0.119. The highest BCUT2D eigenvalue weighted by molar-refractivity contribution is 6.31. The fourth-order valence-corrected chi connectivity index (χ4v) is 5.34. The molecule has 0 aliphatic carbocycles. The lowest BCUT2D eigenvalue weighted by Gasteiger charge is -2.29. The lowest BCUT2D eigenvalue weighted by Crippen LogP contribution is -2.36. The van der Waals surface area contributed by atoms with Gasteiger partial charge in [-0.15, -0.1) is 0 Å². The summed E-state index contributed by atoms with van der Waals surface area (Å²) in [4.78, 5) is 40.7. The molecule has 170 valence electrons. The number of primary amides is 1. The van der Waals surface area contributed by atoms with Crippen LogP contribution in [0.5, 0.6) is 0 Å². The molecule has 3 heterocycles. The number of carbonyl (C=O) groups excluding carboxylic acids is 2. The van der Waals surface area contributed by atoms with Crippen molar-refractivity contribution in [1.82, 2.24) is 9.80 Å². The predicted octanol–water partition coefficient (Wildman–Crippen LogP) is 2.84. The van der Waals surface area contributed by atoms with Crippen LogP contribution in [-0.4, -0.2) is 47.8 Å². The van der Waals surface area contributed by atoms with Gasteiger partial charge in [0.25, 0.3) is 5.91 Å². The minimum atomic E-state index is -0.442. The highest BCUT2D eigenvalue weighted by Crippen LogP contribution is 2.38. The van der Waals surface area contributed by atoms with Crippen molar-refractivity contribution >= 4 is 23.4 Å². The third-order valence-electron chi connectivity index (χ3n) is 6.77. The lowest BCUT2D eigenvalue weighted by atomic mass is 10.0. The molecular formula is C24H28ClN3O4. The SMILES string of the molecule is Cc1ccc(C(CC(N)=O)N2CC3CN(C(=O)c4c(C)cc(=O)oc4C)CC3C2)cc1Cl. The van der Waals surface area contributed by atoms with Crippen LogP contribution in [0.25, 0.3) is 0 Å². The van der Waals surface area contributed by atoms with E-state index in [0.29, 0.717) is 46.8 Å². The topological polar surface area (TPSA) is 96.9 Å². The second-order valence-electron chi connectivity index (χ2n) is 9.06. The fraction of sp³-hybridized carbons (Fsp3) is 0.458. The highest BCUT2D eigenvalue weighted by atomic mass is 35.5. The molecule has 7 nitrogen and oxygen atoms in total. The summed E-state index contributed by atoms with van der Waals surface area (Å²) in [5, 5.41) is 0.674. The van der Waals surface area contributed by atoms with E-state index >= 15 is 0 Å². The molecule has 1 aromatic heterocycles. The number of aryl methyl sites for hydroxylation is 3. The van der Waals surface area contributed by atoms with E-state index in [9.17, 15) is 14.4 Å². The minimum Gasteiger partial charge on any atom is -0.427 e. The summed E-state index contributed by atoms with van der Waals surface area (Å²) in [6, 6.07) is 7.12. The zero-order chi connectivity index (χ0) is 23.2. The van der Waals surface area contributed by atoms with E-state index in [1.165, 1.54) is 6.07 Å². The third-order valence-corrected chi connectivity index (χ3v) is 7.17. The molecule has 2 saturated heterocycles. The zero-order valence-corrected chi connectivity index (χ0v) is 19.3. The summed E-state index contributed by atoms with van der Waals surface area (Å²) in [5.41, 5.74) is 8.21. The maximum absolute atomic E-state index is 13.2. The average Bonchev–Trinajstić information content (AvgIpc) is 3.26. The van der Waals surface area contributed by atoms with Crippen LogP contribution in [-0.2, 0) is 4.79 Å². The van der Waals surface area contributed by atoms with E-state index in [4.69, 9.17) is 21.8 Å².